The number of hydrogen-bond acceptors (Lipinski definition) is 8. The van der Waals surface area contributed by atoms with Gasteiger partial charge >= 0.3 is 6.09 Å². The van der Waals surface area contributed by atoms with Crippen LogP contribution in [0.4, 0.5) is 14.9 Å². The molecule has 3 aromatic rings. The van der Waals surface area contributed by atoms with Crippen LogP contribution in [0.25, 0.3) is 16.9 Å². The van der Waals surface area contributed by atoms with Gasteiger partial charge in [0, 0.05) is 18.3 Å². The predicted molar refractivity (Wildman–Crippen MR) is 156 cm³/mol. The molecule has 3 aromatic heterocycles. The molecule has 42 heavy (non-hydrogen) atoms. The van der Waals surface area contributed by atoms with Gasteiger partial charge in [-0.3, -0.25) is 9.78 Å². The number of nitrogens with zero attached hydrogens (tertiary/aromatic N) is 4. The maximum atomic E-state index is 14.4. The van der Waals surface area contributed by atoms with E-state index in [9.17, 15) is 24.3 Å². The summed E-state index contributed by atoms with van der Waals surface area (Å²) < 4.78 is 21.3. The van der Waals surface area contributed by atoms with Crippen molar-refractivity contribution in [3.63, 3.8) is 0 Å². The number of amides is 2. The van der Waals surface area contributed by atoms with Crippen LogP contribution in [0.3, 0.4) is 0 Å². The molecule has 4 N–H and O–H groups in total. The second kappa shape index (κ2) is 13.2. The summed E-state index contributed by atoms with van der Waals surface area (Å²) in [6.07, 6.45) is 3.79. The first-order valence-electron chi connectivity index (χ1n) is 14.2. The van der Waals surface area contributed by atoms with E-state index in [1.54, 1.807) is 16.6 Å². The molecular weight excluding hydrogens is 541 g/mol. The van der Waals surface area contributed by atoms with Gasteiger partial charge < -0.3 is 25.8 Å². The van der Waals surface area contributed by atoms with E-state index in [4.69, 9.17) is 4.74 Å². The van der Waals surface area contributed by atoms with Crippen LogP contribution in [0.15, 0.2) is 36.7 Å². The van der Waals surface area contributed by atoms with Crippen molar-refractivity contribution in [2.75, 3.05) is 18.5 Å². The number of halogens is 1. The van der Waals surface area contributed by atoms with E-state index in [0.717, 1.165) is 31.2 Å². The van der Waals surface area contributed by atoms with Crippen LogP contribution in [-0.2, 0) is 4.74 Å². The number of fused-ring (bicyclic) bond motifs is 1. The molecule has 2 amide bonds. The van der Waals surface area contributed by atoms with Crippen LogP contribution in [0.1, 0.15) is 69.3 Å². The van der Waals surface area contributed by atoms with Crippen LogP contribution in [0.5, 0.6) is 0 Å². The molecule has 3 heterocycles. The molecule has 0 unspecified atom stereocenters. The van der Waals surface area contributed by atoms with Crippen molar-refractivity contribution in [3.8, 4) is 17.5 Å². The predicted octanol–water partition coefficient (Wildman–Crippen LogP) is 4.21. The van der Waals surface area contributed by atoms with Crippen molar-refractivity contribution in [3.05, 3.63) is 47.8 Å². The summed E-state index contributed by atoms with van der Waals surface area (Å²) in [5.41, 5.74) is 1.54. The van der Waals surface area contributed by atoms with E-state index in [0.29, 0.717) is 29.2 Å². The lowest BCUT2D eigenvalue weighted by Crippen LogP contribution is -2.42. The lowest BCUT2D eigenvalue weighted by atomic mass is 9.91. The molecule has 4 rings (SSSR count). The van der Waals surface area contributed by atoms with Gasteiger partial charge in [0.05, 0.1) is 58.7 Å². The number of carbonyl (C=O) groups is 2. The Kier molecular flexibility index (Phi) is 9.63. The highest BCUT2D eigenvalue weighted by Crippen LogP contribution is 2.29. The Morgan fingerprint density at radius 1 is 1.19 bits per heavy atom. The van der Waals surface area contributed by atoms with E-state index >= 15 is 0 Å². The van der Waals surface area contributed by atoms with Gasteiger partial charge in [-0.15, -0.1) is 0 Å². The lowest BCUT2D eigenvalue weighted by Gasteiger charge is -2.30. The zero-order chi connectivity index (χ0) is 30.4. The van der Waals surface area contributed by atoms with Gasteiger partial charge in [0.25, 0.3) is 5.91 Å². The van der Waals surface area contributed by atoms with E-state index in [1.165, 1.54) is 26.2 Å². The van der Waals surface area contributed by atoms with E-state index in [-0.39, 0.29) is 30.1 Å². The van der Waals surface area contributed by atoms with Gasteiger partial charge in [0.2, 0.25) is 0 Å². The molecule has 0 saturated heterocycles. The summed E-state index contributed by atoms with van der Waals surface area (Å²) in [6.45, 7) is 6.65. The average Bonchev–Trinajstić information content (AvgIpc) is 3.38. The fourth-order valence-electron chi connectivity index (χ4n) is 4.73. The second-order valence-corrected chi connectivity index (χ2v) is 11.7. The zero-order valence-electron chi connectivity index (χ0n) is 24.4. The Bertz CT molecular complexity index is 1450. The number of hydrogen-bond donors (Lipinski definition) is 4. The first-order valence-corrected chi connectivity index (χ1v) is 14.2. The monoisotopic (exact) mass is 579 g/mol. The number of aromatic nitrogens is 3. The normalized spacial score (nSPS) is 17.9. The van der Waals surface area contributed by atoms with Crippen molar-refractivity contribution >= 4 is 23.2 Å². The molecule has 1 fully saturated rings. The van der Waals surface area contributed by atoms with Crippen molar-refractivity contribution in [1.82, 2.24) is 25.2 Å². The Morgan fingerprint density at radius 2 is 1.90 bits per heavy atom. The molecular formula is C30H38FN7O4. The van der Waals surface area contributed by atoms with Crippen molar-refractivity contribution in [1.29, 1.82) is 5.26 Å². The van der Waals surface area contributed by atoms with Crippen LogP contribution in [-0.4, -0.2) is 68.7 Å². The average molecular weight is 580 g/mol. The summed E-state index contributed by atoms with van der Waals surface area (Å²) in [6, 6.07) is 9.23. The molecule has 224 valence electrons. The maximum absolute atomic E-state index is 14.4. The van der Waals surface area contributed by atoms with Crippen LogP contribution in [0, 0.1) is 17.2 Å². The standard InChI is InChI=1S/C30H38FN7O4/c1-18(2)17-42-29(40)37-21-7-5-20(6-8-21)36-24-12-25(26-10-9-22-11-19(13-32)14-35-38(22)26)33-15-23(24)28(39)34-16-27(31)30(3,4)41/h9-12,14-15,18,20-21,27,41H,5-8,16-17H2,1-4H3,(H,33,36)(H,34,39)(H,37,40)/t20?,21?,27-/m1/s1. The Balaban J connectivity index is 1.53. The first kappa shape index (κ1) is 30.7. The smallest absolute Gasteiger partial charge is 0.407 e. The summed E-state index contributed by atoms with van der Waals surface area (Å²) >= 11 is 0. The molecule has 0 spiro atoms. The number of anilines is 1. The SMILES string of the molecule is CC(C)COC(=O)NC1CCC(Nc2cc(-c3ccc4cc(C#N)cnn34)ncc2C(=O)NC[C@@H](F)C(C)(C)O)CC1. The minimum absolute atomic E-state index is 0.00161. The molecule has 0 radical (unpaired) electrons. The topological polar surface area (TPSA) is 154 Å². The van der Waals surface area contributed by atoms with E-state index in [1.807, 2.05) is 26.0 Å². The van der Waals surface area contributed by atoms with Crippen molar-refractivity contribution < 1.29 is 23.8 Å². The van der Waals surface area contributed by atoms with Gasteiger partial charge in [0.1, 0.15) is 12.2 Å². The van der Waals surface area contributed by atoms with E-state index in [2.05, 4.69) is 32.1 Å². The van der Waals surface area contributed by atoms with Gasteiger partial charge in [0.15, 0.2) is 0 Å². The van der Waals surface area contributed by atoms with Crippen molar-refractivity contribution in [2.45, 2.75) is 77.2 Å². The third kappa shape index (κ3) is 7.73. The lowest BCUT2D eigenvalue weighted by molar-refractivity contribution is -0.00178. The number of alkyl carbamates (subject to hydrolysis) is 1. The number of alkyl halides is 1. The highest BCUT2D eigenvalue weighted by atomic mass is 19.1. The number of aliphatic hydroxyl groups is 1. The quantitative estimate of drug-likeness (QED) is 0.279. The first-order chi connectivity index (χ1) is 19.9. The van der Waals surface area contributed by atoms with Crippen LogP contribution >= 0.6 is 0 Å². The largest absolute Gasteiger partial charge is 0.449 e. The number of nitriles is 1. The molecule has 12 heteroatoms. The van der Waals surface area contributed by atoms with E-state index < -0.39 is 23.8 Å². The Labute approximate surface area is 244 Å². The van der Waals surface area contributed by atoms with Gasteiger partial charge in [-0.25, -0.2) is 13.7 Å². The molecule has 0 aliphatic heterocycles. The third-order valence-electron chi connectivity index (χ3n) is 7.21. The number of carbonyl (C=O) groups excluding carboxylic acids is 2. The van der Waals surface area contributed by atoms with Crippen molar-refractivity contribution in [2.24, 2.45) is 5.92 Å². The summed E-state index contributed by atoms with van der Waals surface area (Å²) in [5, 5.41) is 32.4. The van der Waals surface area contributed by atoms with Crippen LogP contribution in [0.2, 0.25) is 0 Å². The minimum Gasteiger partial charge on any atom is -0.449 e. The molecule has 0 aromatic carbocycles. The minimum atomic E-state index is -1.66. The Morgan fingerprint density at radius 3 is 2.57 bits per heavy atom. The Hall–Kier alpha value is -4.24. The third-order valence-corrected chi connectivity index (χ3v) is 7.21. The van der Waals surface area contributed by atoms with Gasteiger partial charge in [-0.05, 0) is 69.7 Å². The van der Waals surface area contributed by atoms with Gasteiger partial charge in [-0.1, -0.05) is 13.8 Å². The summed E-state index contributed by atoms with van der Waals surface area (Å²) in [4.78, 5) is 29.8. The highest BCUT2D eigenvalue weighted by Gasteiger charge is 2.28. The molecule has 1 saturated carbocycles. The molecule has 1 aliphatic rings. The maximum Gasteiger partial charge on any atom is 0.407 e. The number of pyridine rings is 1. The molecule has 1 atom stereocenters. The molecule has 0 bridgehead atoms. The number of ether oxygens (including phenoxy) is 1. The summed E-state index contributed by atoms with van der Waals surface area (Å²) in [5.74, 6) is -0.266. The molecule has 1 aliphatic carbocycles. The number of rotatable bonds is 10. The summed E-state index contributed by atoms with van der Waals surface area (Å²) in [7, 11) is 0. The van der Waals surface area contributed by atoms with Gasteiger partial charge in [-0.2, -0.15) is 10.4 Å². The molecule has 11 nitrogen and oxygen atoms in total. The zero-order valence-corrected chi connectivity index (χ0v) is 24.4. The fraction of sp³-hybridized carbons (Fsp3) is 0.500. The van der Waals surface area contributed by atoms with Crippen LogP contribution < -0.4 is 16.0 Å². The fourth-order valence-corrected chi connectivity index (χ4v) is 4.73. The second-order valence-electron chi connectivity index (χ2n) is 11.7. The number of nitrogens with one attached hydrogen (secondary N) is 3. The highest BCUT2D eigenvalue weighted by molar-refractivity contribution is 6.00.